The van der Waals surface area contributed by atoms with Gasteiger partial charge in [0.2, 0.25) is 0 Å². The van der Waals surface area contributed by atoms with Gasteiger partial charge in [-0.2, -0.15) is 0 Å². The Morgan fingerprint density at radius 1 is 1.08 bits per heavy atom. The van der Waals surface area contributed by atoms with E-state index >= 15 is 0 Å². The molecule has 2 aromatic carbocycles. The van der Waals surface area contributed by atoms with E-state index < -0.39 is 0 Å². The van der Waals surface area contributed by atoms with Gasteiger partial charge < -0.3 is 15.7 Å². The lowest BCUT2D eigenvalue weighted by Crippen LogP contribution is -2.37. The van der Waals surface area contributed by atoms with E-state index in [1.807, 2.05) is 25.1 Å². The SMILES string of the molecule is CCNC(=NCc1cccc(F)c1)NCCCc1ccc(O)cc1.I. The first-order valence-electron chi connectivity index (χ1n) is 8.22. The van der Waals surface area contributed by atoms with Crippen LogP contribution in [0.25, 0.3) is 0 Å². The number of halogens is 2. The van der Waals surface area contributed by atoms with Crippen molar-refractivity contribution in [1.82, 2.24) is 10.6 Å². The molecular formula is C19H25FIN3O. The highest BCUT2D eigenvalue weighted by Gasteiger charge is 1.99. The van der Waals surface area contributed by atoms with Gasteiger partial charge in [-0.15, -0.1) is 24.0 Å². The first kappa shape index (κ1) is 21.2. The Morgan fingerprint density at radius 3 is 2.52 bits per heavy atom. The topological polar surface area (TPSA) is 56.7 Å². The Hall–Kier alpha value is -1.83. The average molecular weight is 457 g/mol. The fourth-order valence-electron chi connectivity index (χ4n) is 2.31. The molecule has 6 heteroatoms. The van der Waals surface area contributed by atoms with Crippen molar-refractivity contribution in [1.29, 1.82) is 0 Å². The van der Waals surface area contributed by atoms with Crippen LogP contribution in [0.1, 0.15) is 24.5 Å². The highest BCUT2D eigenvalue weighted by molar-refractivity contribution is 14.0. The van der Waals surface area contributed by atoms with Crippen molar-refractivity contribution in [2.75, 3.05) is 13.1 Å². The summed E-state index contributed by atoms with van der Waals surface area (Å²) in [5, 5.41) is 15.7. The van der Waals surface area contributed by atoms with Crippen LogP contribution in [0.4, 0.5) is 4.39 Å². The third-order valence-corrected chi connectivity index (χ3v) is 3.52. The molecule has 3 N–H and O–H groups in total. The molecule has 0 atom stereocenters. The van der Waals surface area contributed by atoms with Crippen LogP contribution in [0.5, 0.6) is 5.75 Å². The van der Waals surface area contributed by atoms with E-state index in [2.05, 4.69) is 15.6 Å². The number of hydrogen-bond donors (Lipinski definition) is 3. The first-order chi connectivity index (χ1) is 11.7. The molecule has 0 amide bonds. The third kappa shape index (κ3) is 8.20. The molecule has 0 aliphatic carbocycles. The van der Waals surface area contributed by atoms with Crippen molar-refractivity contribution >= 4 is 29.9 Å². The minimum Gasteiger partial charge on any atom is -0.508 e. The van der Waals surface area contributed by atoms with Crippen LogP contribution in [0.2, 0.25) is 0 Å². The molecule has 0 aliphatic rings. The van der Waals surface area contributed by atoms with Gasteiger partial charge in [0.25, 0.3) is 0 Å². The highest BCUT2D eigenvalue weighted by atomic mass is 127. The molecule has 0 saturated carbocycles. The molecule has 0 aliphatic heterocycles. The summed E-state index contributed by atoms with van der Waals surface area (Å²) in [6.45, 7) is 4.00. The Kier molecular flexibility index (Phi) is 9.91. The van der Waals surface area contributed by atoms with Gasteiger partial charge in [-0.3, -0.25) is 0 Å². The van der Waals surface area contributed by atoms with E-state index in [0.29, 0.717) is 6.54 Å². The molecule has 0 heterocycles. The molecule has 25 heavy (non-hydrogen) atoms. The fourth-order valence-corrected chi connectivity index (χ4v) is 2.31. The van der Waals surface area contributed by atoms with Gasteiger partial charge in [0.05, 0.1) is 6.54 Å². The lowest BCUT2D eigenvalue weighted by Gasteiger charge is -2.11. The maximum absolute atomic E-state index is 13.2. The zero-order valence-corrected chi connectivity index (χ0v) is 16.7. The van der Waals surface area contributed by atoms with E-state index in [-0.39, 0.29) is 35.5 Å². The van der Waals surface area contributed by atoms with Crippen LogP contribution in [-0.2, 0) is 13.0 Å². The number of aromatic hydroxyl groups is 1. The maximum atomic E-state index is 13.2. The second-order valence-electron chi connectivity index (χ2n) is 5.52. The molecule has 2 rings (SSSR count). The van der Waals surface area contributed by atoms with E-state index in [1.54, 1.807) is 18.2 Å². The summed E-state index contributed by atoms with van der Waals surface area (Å²) in [6, 6.07) is 13.7. The number of nitrogens with zero attached hydrogens (tertiary/aromatic N) is 1. The number of guanidine groups is 1. The number of aryl methyl sites for hydroxylation is 1. The molecule has 0 bridgehead atoms. The summed E-state index contributed by atoms with van der Waals surface area (Å²) in [5.74, 6) is 0.776. The Bertz CT molecular complexity index is 662. The zero-order chi connectivity index (χ0) is 17.2. The number of benzene rings is 2. The minimum absolute atomic E-state index is 0. The first-order valence-corrected chi connectivity index (χ1v) is 8.22. The van der Waals surface area contributed by atoms with Gasteiger partial charge in [-0.25, -0.2) is 9.38 Å². The lowest BCUT2D eigenvalue weighted by molar-refractivity contribution is 0.475. The number of rotatable bonds is 7. The molecule has 0 fully saturated rings. The quantitative estimate of drug-likeness (QED) is 0.256. The summed E-state index contributed by atoms with van der Waals surface area (Å²) < 4.78 is 13.2. The van der Waals surface area contributed by atoms with Crippen molar-refractivity contribution in [3.05, 3.63) is 65.5 Å². The molecule has 0 radical (unpaired) electrons. The van der Waals surface area contributed by atoms with E-state index in [4.69, 9.17) is 0 Å². The summed E-state index contributed by atoms with van der Waals surface area (Å²) in [6.07, 6.45) is 1.88. The Balaban J connectivity index is 0.00000312. The van der Waals surface area contributed by atoms with Crippen molar-refractivity contribution in [3.8, 4) is 5.75 Å². The monoisotopic (exact) mass is 457 g/mol. The van der Waals surface area contributed by atoms with E-state index in [1.165, 1.54) is 17.7 Å². The van der Waals surface area contributed by atoms with Gasteiger partial charge in [-0.1, -0.05) is 24.3 Å². The molecule has 136 valence electrons. The van der Waals surface area contributed by atoms with Crippen LogP contribution in [0.15, 0.2) is 53.5 Å². The molecule has 0 spiro atoms. The van der Waals surface area contributed by atoms with E-state index in [9.17, 15) is 9.50 Å². The smallest absolute Gasteiger partial charge is 0.191 e. The highest BCUT2D eigenvalue weighted by Crippen LogP contribution is 2.10. The largest absolute Gasteiger partial charge is 0.508 e. The second kappa shape index (κ2) is 11.7. The normalized spacial score (nSPS) is 10.9. The van der Waals surface area contributed by atoms with Crippen molar-refractivity contribution in [2.24, 2.45) is 4.99 Å². The summed E-state index contributed by atoms with van der Waals surface area (Å²) in [4.78, 5) is 4.48. The van der Waals surface area contributed by atoms with E-state index in [0.717, 1.165) is 37.5 Å². The van der Waals surface area contributed by atoms with Crippen LogP contribution in [-0.4, -0.2) is 24.2 Å². The Morgan fingerprint density at radius 2 is 1.84 bits per heavy atom. The number of aliphatic imine (C=N–C) groups is 1. The van der Waals surface area contributed by atoms with Gasteiger partial charge >= 0.3 is 0 Å². The number of nitrogens with one attached hydrogen (secondary N) is 2. The third-order valence-electron chi connectivity index (χ3n) is 3.52. The van der Waals surface area contributed by atoms with Crippen LogP contribution < -0.4 is 10.6 Å². The van der Waals surface area contributed by atoms with Crippen LogP contribution in [0, 0.1) is 5.82 Å². The molecule has 4 nitrogen and oxygen atoms in total. The zero-order valence-electron chi connectivity index (χ0n) is 14.3. The van der Waals surface area contributed by atoms with Gasteiger partial charge in [0.15, 0.2) is 5.96 Å². The van der Waals surface area contributed by atoms with Crippen molar-refractivity contribution in [3.63, 3.8) is 0 Å². The summed E-state index contributed by atoms with van der Waals surface area (Å²) >= 11 is 0. The molecule has 0 saturated heterocycles. The molecule has 0 aromatic heterocycles. The standard InChI is InChI=1S/C19H24FN3O.HI/c1-2-21-19(23-14-16-5-3-7-17(20)13-16)22-12-4-6-15-8-10-18(24)11-9-15;/h3,5,7-11,13,24H,2,4,6,12,14H2,1H3,(H2,21,22,23);1H. The van der Waals surface area contributed by atoms with Gasteiger partial charge in [0, 0.05) is 13.1 Å². The fraction of sp³-hybridized carbons (Fsp3) is 0.316. The molecule has 0 unspecified atom stereocenters. The maximum Gasteiger partial charge on any atom is 0.191 e. The van der Waals surface area contributed by atoms with Gasteiger partial charge in [0.1, 0.15) is 11.6 Å². The average Bonchev–Trinajstić information content (AvgIpc) is 2.58. The predicted octanol–water partition coefficient (Wildman–Crippen LogP) is 3.84. The Labute approximate surface area is 165 Å². The number of phenolic OH excluding ortho intramolecular Hbond substituents is 1. The van der Waals surface area contributed by atoms with Crippen molar-refractivity contribution < 1.29 is 9.50 Å². The van der Waals surface area contributed by atoms with Gasteiger partial charge in [-0.05, 0) is 55.2 Å². The molecular weight excluding hydrogens is 432 g/mol. The van der Waals surface area contributed by atoms with Crippen molar-refractivity contribution in [2.45, 2.75) is 26.3 Å². The molecule has 2 aromatic rings. The summed E-state index contributed by atoms with van der Waals surface area (Å²) in [7, 11) is 0. The van der Waals surface area contributed by atoms with Crippen LogP contribution >= 0.6 is 24.0 Å². The number of phenols is 1. The second-order valence-corrected chi connectivity index (χ2v) is 5.52. The lowest BCUT2D eigenvalue weighted by atomic mass is 10.1. The minimum atomic E-state index is -0.241. The predicted molar refractivity (Wildman–Crippen MR) is 111 cm³/mol. The van der Waals surface area contributed by atoms with Crippen LogP contribution in [0.3, 0.4) is 0 Å². The summed E-state index contributed by atoms with van der Waals surface area (Å²) in [5.41, 5.74) is 2.03. The number of hydrogen-bond acceptors (Lipinski definition) is 2.